The van der Waals surface area contributed by atoms with Gasteiger partial charge >= 0.3 is 0 Å². The Labute approximate surface area is 155 Å². The molecule has 4 aromatic rings. The van der Waals surface area contributed by atoms with Crippen molar-refractivity contribution in [2.45, 2.75) is 19.9 Å². The fourth-order valence-corrected chi connectivity index (χ4v) is 2.90. The van der Waals surface area contributed by atoms with Gasteiger partial charge in [0.2, 0.25) is 5.91 Å². The first kappa shape index (κ1) is 16.9. The summed E-state index contributed by atoms with van der Waals surface area (Å²) in [4.78, 5) is 17.7. The second-order valence-electron chi connectivity index (χ2n) is 6.22. The highest BCUT2D eigenvalue weighted by Gasteiger charge is 2.13. The number of rotatable bonds is 5. The number of likely N-dealkylation sites (N-methyl/N-ethyl adjacent to an activating group) is 1. The average molecular weight is 361 g/mol. The Morgan fingerprint density at radius 1 is 1.07 bits per heavy atom. The summed E-state index contributed by atoms with van der Waals surface area (Å²) in [5.74, 6) is -0.0793. The lowest BCUT2D eigenvalue weighted by Gasteiger charge is -2.00. The smallest absolute Gasteiger partial charge is 0.225 e. The summed E-state index contributed by atoms with van der Waals surface area (Å²) in [5.41, 5.74) is 4.11. The number of fused-ring (bicyclic) bond motifs is 1. The van der Waals surface area contributed by atoms with Crippen LogP contribution >= 0.6 is 0 Å². The van der Waals surface area contributed by atoms with E-state index in [1.54, 1.807) is 18.0 Å². The van der Waals surface area contributed by atoms with Gasteiger partial charge in [-0.15, -0.1) is 0 Å². The number of carbonyl (C=O) groups is 1. The van der Waals surface area contributed by atoms with Gasteiger partial charge < -0.3 is 5.32 Å². The molecule has 0 spiro atoms. The van der Waals surface area contributed by atoms with Crippen molar-refractivity contribution in [3.8, 4) is 5.69 Å². The van der Waals surface area contributed by atoms with Crippen LogP contribution in [0.5, 0.6) is 0 Å². The van der Waals surface area contributed by atoms with Crippen LogP contribution < -0.4 is 5.32 Å². The number of benzene rings is 1. The largest absolute Gasteiger partial charge is 0.359 e. The Bertz CT molecular complexity index is 1100. The first-order valence-electron chi connectivity index (χ1n) is 8.64. The number of carbonyl (C=O) groups excluding carboxylic acids is 1. The molecule has 0 saturated heterocycles. The highest BCUT2D eigenvalue weighted by atomic mass is 16.1. The van der Waals surface area contributed by atoms with Crippen LogP contribution in [0.1, 0.15) is 17.1 Å². The third-order valence-corrected chi connectivity index (χ3v) is 4.35. The van der Waals surface area contributed by atoms with Crippen LogP contribution in [-0.4, -0.2) is 42.7 Å². The molecule has 4 rings (SSSR count). The third kappa shape index (κ3) is 3.41. The van der Waals surface area contributed by atoms with E-state index in [0.29, 0.717) is 12.2 Å². The molecule has 0 fully saturated rings. The van der Waals surface area contributed by atoms with Crippen molar-refractivity contribution in [3.63, 3.8) is 0 Å². The van der Waals surface area contributed by atoms with E-state index in [2.05, 4.69) is 25.6 Å². The van der Waals surface area contributed by atoms with E-state index in [1.807, 2.05) is 54.2 Å². The number of hydrogen-bond acceptors (Lipinski definition) is 5. The lowest BCUT2D eigenvalue weighted by atomic mass is 10.2. The van der Waals surface area contributed by atoms with Crippen LogP contribution in [0, 0.1) is 6.92 Å². The highest BCUT2D eigenvalue weighted by molar-refractivity contribution is 5.86. The van der Waals surface area contributed by atoms with Crippen molar-refractivity contribution in [1.29, 1.82) is 0 Å². The molecule has 3 aromatic heterocycles. The second kappa shape index (κ2) is 6.99. The van der Waals surface area contributed by atoms with E-state index in [1.165, 1.54) is 0 Å². The highest BCUT2D eigenvalue weighted by Crippen LogP contribution is 2.17. The fourth-order valence-electron chi connectivity index (χ4n) is 2.90. The summed E-state index contributed by atoms with van der Waals surface area (Å²) in [6.07, 6.45) is 3.80. The minimum absolute atomic E-state index is 0.0793. The molecule has 1 amide bonds. The van der Waals surface area contributed by atoms with Crippen molar-refractivity contribution in [3.05, 3.63) is 65.9 Å². The molecule has 0 radical (unpaired) electrons. The van der Waals surface area contributed by atoms with Gasteiger partial charge in [0.05, 0.1) is 35.6 Å². The van der Waals surface area contributed by atoms with Crippen LogP contribution in [-0.2, 0) is 17.8 Å². The molecule has 0 atom stereocenters. The number of pyridine rings is 1. The minimum Gasteiger partial charge on any atom is -0.359 e. The molecule has 27 heavy (non-hydrogen) atoms. The zero-order valence-electron chi connectivity index (χ0n) is 15.1. The van der Waals surface area contributed by atoms with Crippen molar-refractivity contribution < 1.29 is 4.79 Å². The summed E-state index contributed by atoms with van der Waals surface area (Å²) in [6.45, 7) is 2.43. The number of nitrogens with one attached hydrogen (secondary N) is 1. The van der Waals surface area contributed by atoms with Crippen LogP contribution in [0.15, 0.2) is 48.8 Å². The molecular weight excluding hydrogens is 342 g/mol. The first-order chi connectivity index (χ1) is 13.1. The molecule has 8 nitrogen and oxygen atoms in total. The van der Waals surface area contributed by atoms with Crippen LogP contribution in [0.3, 0.4) is 0 Å². The molecule has 0 aliphatic rings. The van der Waals surface area contributed by atoms with Gasteiger partial charge in [-0.2, -0.15) is 20.1 Å². The maximum Gasteiger partial charge on any atom is 0.225 e. The van der Waals surface area contributed by atoms with Gasteiger partial charge in [0, 0.05) is 24.8 Å². The lowest BCUT2D eigenvalue weighted by molar-refractivity contribution is -0.119. The van der Waals surface area contributed by atoms with E-state index in [-0.39, 0.29) is 12.3 Å². The number of aromatic nitrogens is 6. The van der Waals surface area contributed by atoms with Gasteiger partial charge in [0.25, 0.3) is 0 Å². The number of amides is 1. The molecule has 136 valence electrons. The normalized spacial score (nSPS) is 11.0. The third-order valence-electron chi connectivity index (χ3n) is 4.35. The molecule has 0 aliphatic heterocycles. The molecule has 0 unspecified atom stereocenters. The van der Waals surface area contributed by atoms with E-state index in [0.717, 1.165) is 28.0 Å². The Hall–Kier alpha value is -3.55. The Kier molecular flexibility index (Phi) is 4.37. The second-order valence-corrected chi connectivity index (χ2v) is 6.22. The quantitative estimate of drug-likeness (QED) is 0.584. The molecule has 1 aromatic carbocycles. The van der Waals surface area contributed by atoms with Crippen molar-refractivity contribution in [2.24, 2.45) is 0 Å². The molecule has 0 aliphatic carbocycles. The zero-order chi connectivity index (χ0) is 18.8. The SMILES string of the molecule is CNC(=O)Cc1nccc2nn(Cc3nn(-c4ccccc4)nc3C)cc12. The molecule has 0 saturated carbocycles. The maximum absolute atomic E-state index is 11.7. The summed E-state index contributed by atoms with van der Waals surface area (Å²) in [6, 6.07) is 11.6. The monoisotopic (exact) mass is 361 g/mol. The number of hydrogen-bond donors (Lipinski definition) is 1. The van der Waals surface area contributed by atoms with Crippen molar-refractivity contribution in [1.82, 2.24) is 35.1 Å². The molecule has 3 heterocycles. The van der Waals surface area contributed by atoms with E-state index in [9.17, 15) is 4.79 Å². The van der Waals surface area contributed by atoms with Gasteiger partial charge in [0.15, 0.2) is 0 Å². The molecular formula is C19H19N7O. The topological polar surface area (TPSA) is 90.5 Å². The van der Waals surface area contributed by atoms with Crippen LogP contribution in [0.25, 0.3) is 16.6 Å². The zero-order valence-corrected chi connectivity index (χ0v) is 15.1. The standard InChI is InChI=1S/C19H19N7O/c1-13-18(24-26(22-13)14-6-4-3-5-7-14)12-25-11-15-16(23-25)8-9-21-17(15)10-19(27)20-2/h3-9,11H,10,12H2,1-2H3,(H,20,27). The number of nitrogens with zero attached hydrogens (tertiary/aromatic N) is 6. The number of para-hydroxylation sites is 1. The molecule has 0 bridgehead atoms. The first-order valence-corrected chi connectivity index (χ1v) is 8.64. The predicted molar refractivity (Wildman–Crippen MR) is 100 cm³/mol. The average Bonchev–Trinajstić information content (AvgIpc) is 3.26. The van der Waals surface area contributed by atoms with Crippen molar-refractivity contribution >= 4 is 16.8 Å². The summed E-state index contributed by atoms with van der Waals surface area (Å²) < 4.78 is 1.81. The Morgan fingerprint density at radius 2 is 1.89 bits per heavy atom. The summed E-state index contributed by atoms with van der Waals surface area (Å²) in [5, 5.41) is 17.2. The van der Waals surface area contributed by atoms with Crippen LogP contribution in [0.4, 0.5) is 0 Å². The fraction of sp³-hybridized carbons (Fsp3) is 0.211. The molecule has 8 heteroatoms. The molecule has 1 N–H and O–H groups in total. The van der Waals surface area contributed by atoms with Crippen molar-refractivity contribution in [2.75, 3.05) is 7.05 Å². The van der Waals surface area contributed by atoms with Gasteiger partial charge in [-0.3, -0.25) is 14.5 Å². The van der Waals surface area contributed by atoms with Crippen LogP contribution in [0.2, 0.25) is 0 Å². The van der Waals surface area contributed by atoms with E-state index >= 15 is 0 Å². The van der Waals surface area contributed by atoms with Gasteiger partial charge in [0.1, 0.15) is 5.69 Å². The predicted octanol–water partition coefficient (Wildman–Crippen LogP) is 1.66. The number of aryl methyl sites for hydroxylation is 1. The van der Waals surface area contributed by atoms with Gasteiger partial charge in [-0.25, -0.2) is 0 Å². The minimum atomic E-state index is -0.0793. The summed E-state index contributed by atoms with van der Waals surface area (Å²) >= 11 is 0. The van der Waals surface area contributed by atoms with E-state index < -0.39 is 0 Å². The maximum atomic E-state index is 11.7. The Balaban J connectivity index is 1.63. The Morgan fingerprint density at radius 3 is 2.67 bits per heavy atom. The van der Waals surface area contributed by atoms with E-state index in [4.69, 9.17) is 0 Å². The van der Waals surface area contributed by atoms with Gasteiger partial charge in [-0.1, -0.05) is 18.2 Å². The summed E-state index contributed by atoms with van der Waals surface area (Å²) in [7, 11) is 1.62. The van der Waals surface area contributed by atoms with Gasteiger partial charge in [-0.05, 0) is 25.1 Å². The lowest BCUT2D eigenvalue weighted by Crippen LogP contribution is -2.20.